The van der Waals surface area contributed by atoms with Gasteiger partial charge in [0.2, 0.25) is 5.91 Å². The Bertz CT molecular complexity index is 1870. The molecule has 3 N–H and O–H groups in total. The number of aliphatic imine (C=N–C) groups is 1. The number of urea groups is 1. The zero-order valence-corrected chi connectivity index (χ0v) is 23.7. The Labute approximate surface area is 251 Å². The number of piperidine rings is 1. The first-order chi connectivity index (χ1) is 21.2. The van der Waals surface area contributed by atoms with Crippen LogP contribution in [0.3, 0.4) is 0 Å². The second-order valence-electron chi connectivity index (χ2n) is 10.7. The number of benzene rings is 3. The van der Waals surface area contributed by atoms with Crippen LogP contribution in [-0.4, -0.2) is 62.0 Å². The molecular formula is C32H28N6O6. The molecule has 44 heavy (non-hydrogen) atoms. The van der Waals surface area contributed by atoms with Gasteiger partial charge in [0.25, 0.3) is 11.6 Å². The van der Waals surface area contributed by atoms with E-state index < -0.39 is 16.9 Å². The molecule has 0 radical (unpaired) electrons. The number of amides is 4. The molecule has 4 aromatic rings. The van der Waals surface area contributed by atoms with Gasteiger partial charge in [-0.2, -0.15) is 0 Å². The van der Waals surface area contributed by atoms with E-state index in [0.717, 1.165) is 29.8 Å². The van der Waals surface area contributed by atoms with Crippen LogP contribution in [-0.2, 0) is 16.1 Å². The van der Waals surface area contributed by atoms with Gasteiger partial charge < -0.3 is 20.3 Å². The summed E-state index contributed by atoms with van der Waals surface area (Å²) in [7, 11) is 1.40. The molecule has 3 aromatic carbocycles. The predicted octanol–water partition coefficient (Wildman–Crippen LogP) is 4.99. The van der Waals surface area contributed by atoms with Crippen molar-refractivity contribution in [3.05, 3.63) is 105 Å². The first kappa shape index (κ1) is 28.3. The van der Waals surface area contributed by atoms with Crippen LogP contribution in [0.1, 0.15) is 41.5 Å². The molecule has 0 bridgehead atoms. The number of hydrogen-bond acceptors (Lipinski definition) is 7. The van der Waals surface area contributed by atoms with E-state index in [0.29, 0.717) is 52.0 Å². The minimum Gasteiger partial charge on any atom is -0.494 e. The number of non-ortho nitro benzene ring substituents is 1. The number of rotatable bonds is 7. The van der Waals surface area contributed by atoms with E-state index >= 15 is 0 Å². The lowest BCUT2D eigenvalue weighted by molar-refractivity contribution is -0.384. The predicted molar refractivity (Wildman–Crippen MR) is 163 cm³/mol. The standard InChI is InChI=1S/C32H28N6O6/c1-36-31(41)26(35-32(36)42)16-19-7-11-22(12-8-19)33-29(28-24-17-23(38(43)44)13-14-25(24)34-30(28)40)21-9-5-20(6-10-21)18-37-15-3-2-4-27(37)39/h5-14,16-17,34,40H,2-4,15,18H2,1H3,(H,35,42)/b26-16-,33-29?. The molecule has 6 rings (SSSR count). The maximum Gasteiger partial charge on any atom is 0.328 e. The molecule has 1 aromatic heterocycles. The second kappa shape index (κ2) is 11.5. The second-order valence-corrected chi connectivity index (χ2v) is 10.7. The highest BCUT2D eigenvalue weighted by Gasteiger charge is 2.30. The minimum atomic E-state index is -0.501. The van der Waals surface area contributed by atoms with Crippen molar-refractivity contribution in [3.8, 4) is 5.88 Å². The molecule has 12 heteroatoms. The minimum absolute atomic E-state index is 0.129. The quantitative estimate of drug-likeness (QED) is 0.0901. The summed E-state index contributed by atoms with van der Waals surface area (Å²) in [5, 5.41) is 25.5. The molecule has 2 aliphatic rings. The molecule has 12 nitrogen and oxygen atoms in total. The number of nitrogens with one attached hydrogen (secondary N) is 2. The summed E-state index contributed by atoms with van der Waals surface area (Å²) in [6.45, 7) is 1.21. The SMILES string of the molecule is CN1C(=O)N/C(=C\c2ccc(N=C(c3ccc(CN4CCCCC4=O)cc3)c3c(O)[nH]c4ccc([N+](=O)[O-])cc34)cc2)C1=O. The number of nitro groups is 1. The number of nitro benzene ring substituents is 1. The van der Waals surface area contributed by atoms with Gasteiger partial charge >= 0.3 is 6.03 Å². The van der Waals surface area contributed by atoms with Crippen LogP contribution in [0.15, 0.2) is 77.4 Å². The number of fused-ring (bicyclic) bond motifs is 1. The highest BCUT2D eigenvalue weighted by atomic mass is 16.6. The molecule has 0 saturated carbocycles. The fourth-order valence-electron chi connectivity index (χ4n) is 5.37. The maximum absolute atomic E-state index is 12.3. The van der Waals surface area contributed by atoms with Gasteiger partial charge in [-0.15, -0.1) is 0 Å². The molecule has 2 saturated heterocycles. The average Bonchev–Trinajstić information content (AvgIpc) is 3.47. The summed E-state index contributed by atoms with van der Waals surface area (Å²) in [6, 6.07) is 18.2. The summed E-state index contributed by atoms with van der Waals surface area (Å²) < 4.78 is 0. The smallest absolute Gasteiger partial charge is 0.328 e. The fraction of sp³-hybridized carbons (Fsp3) is 0.188. The van der Waals surface area contributed by atoms with E-state index in [1.807, 2.05) is 29.2 Å². The Morgan fingerprint density at radius 3 is 2.45 bits per heavy atom. The molecule has 222 valence electrons. The van der Waals surface area contributed by atoms with Crippen molar-refractivity contribution in [2.75, 3.05) is 13.6 Å². The summed E-state index contributed by atoms with van der Waals surface area (Å²) in [5.74, 6) is -0.488. The van der Waals surface area contributed by atoms with Crippen molar-refractivity contribution in [3.63, 3.8) is 0 Å². The Balaban J connectivity index is 1.39. The number of nitrogens with zero attached hydrogens (tertiary/aromatic N) is 4. The monoisotopic (exact) mass is 592 g/mol. The van der Waals surface area contributed by atoms with E-state index in [4.69, 9.17) is 4.99 Å². The van der Waals surface area contributed by atoms with Gasteiger partial charge in [-0.05, 0) is 48.2 Å². The van der Waals surface area contributed by atoms with Gasteiger partial charge in [0.15, 0.2) is 5.88 Å². The molecule has 0 unspecified atom stereocenters. The highest BCUT2D eigenvalue weighted by Crippen LogP contribution is 2.34. The van der Waals surface area contributed by atoms with Gasteiger partial charge in [-0.3, -0.25) is 24.6 Å². The number of aromatic amines is 1. The molecule has 0 aliphatic carbocycles. The number of carbonyl (C=O) groups excluding carboxylic acids is 3. The molecule has 2 fully saturated rings. The Morgan fingerprint density at radius 1 is 1.05 bits per heavy atom. The van der Waals surface area contributed by atoms with Crippen LogP contribution in [0.25, 0.3) is 17.0 Å². The first-order valence-electron chi connectivity index (χ1n) is 14.0. The largest absolute Gasteiger partial charge is 0.494 e. The van der Waals surface area contributed by atoms with Crippen LogP contribution in [0, 0.1) is 10.1 Å². The number of hydrogen-bond donors (Lipinski definition) is 3. The van der Waals surface area contributed by atoms with Crippen LogP contribution >= 0.6 is 0 Å². The molecule has 3 heterocycles. The van der Waals surface area contributed by atoms with Crippen molar-refractivity contribution in [1.82, 2.24) is 20.1 Å². The van der Waals surface area contributed by atoms with E-state index in [2.05, 4.69) is 10.3 Å². The zero-order valence-electron chi connectivity index (χ0n) is 23.7. The van der Waals surface area contributed by atoms with Crippen molar-refractivity contribution < 1.29 is 24.4 Å². The summed E-state index contributed by atoms with van der Waals surface area (Å²) in [6.07, 6.45) is 4.00. The van der Waals surface area contributed by atoms with Crippen molar-refractivity contribution in [2.45, 2.75) is 25.8 Å². The molecular weight excluding hydrogens is 564 g/mol. The molecule has 0 spiro atoms. The van der Waals surface area contributed by atoms with E-state index in [1.54, 1.807) is 30.3 Å². The van der Waals surface area contributed by atoms with Crippen molar-refractivity contribution >= 4 is 51.9 Å². The Morgan fingerprint density at radius 2 is 1.80 bits per heavy atom. The van der Waals surface area contributed by atoms with Gasteiger partial charge in [-0.1, -0.05) is 36.4 Å². The zero-order chi connectivity index (χ0) is 31.0. The van der Waals surface area contributed by atoms with Crippen molar-refractivity contribution in [2.24, 2.45) is 4.99 Å². The lowest BCUT2D eigenvalue weighted by Crippen LogP contribution is -2.34. The average molecular weight is 593 g/mol. The topological polar surface area (TPSA) is 161 Å². The number of imide groups is 1. The van der Waals surface area contributed by atoms with Crippen LogP contribution in [0.4, 0.5) is 16.2 Å². The summed E-state index contributed by atoms with van der Waals surface area (Å²) >= 11 is 0. The number of aromatic nitrogens is 1. The third kappa shape index (κ3) is 5.52. The number of aromatic hydroxyl groups is 1. The normalized spacial score (nSPS) is 16.7. The lowest BCUT2D eigenvalue weighted by atomic mass is 9.99. The number of H-pyrrole nitrogens is 1. The lowest BCUT2D eigenvalue weighted by Gasteiger charge is -2.26. The Kier molecular flexibility index (Phi) is 7.39. The highest BCUT2D eigenvalue weighted by molar-refractivity contribution is 6.22. The van der Waals surface area contributed by atoms with E-state index in [-0.39, 0.29) is 23.2 Å². The van der Waals surface area contributed by atoms with Gasteiger partial charge in [-0.25, -0.2) is 9.79 Å². The Hall–Kier alpha value is -5.78. The summed E-state index contributed by atoms with van der Waals surface area (Å²) in [4.78, 5) is 58.0. The van der Waals surface area contributed by atoms with Gasteiger partial charge in [0.05, 0.1) is 21.9 Å². The van der Waals surface area contributed by atoms with Gasteiger partial charge in [0.1, 0.15) is 5.70 Å². The third-order valence-electron chi connectivity index (χ3n) is 7.76. The number of likely N-dealkylation sites (N-methyl/N-ethyl adjacent to an activating group) is 1. The van der Waals surface area contributed by atoms with Crippen molar-refractivity contribution in [1.29, 1.82) is 0 Å². The number of likely N-dealkylation sites (tertiary alicyclic amines) is 1. The van der Waals surface area contributed by atoms with Crippen LogP contribution in [0.2, 0.25) is 0 Å². The molecule has 0 atom stereocenters. The third-order valence-corrected chi connectivity index (χ3v) is 7.76. The van der Waals surface area contributed by atoms with Gasteiger partial charge in [0, 0.05) is 55.2 Å². The fourth-order valence-corrected chi connectivity index (χ4v) is 5.37. The van der Waals surface area contributed by atoms with Crippen LogP contribution < -0.4 is 5.32 Å². The van der Waals surface area contributed by atoms with E-state index in [1.165, 1.54) is 25.2 Å². The number of carbonyl (C=O) groups is 3. The first-order valence-corrected chi connectivity index (χ1v) is 14.0. The molecule has 4 amide bonds. The molecule has 2 aliphatic heterocycles. The van der Waals surface area contributed by atoms with Crippen LogP contribution in [0.5, 0.6) is 5.88 Å². The van der Waals surface area contributed by atoms with E-state index in [9.17, 15) is 29.6 Å². The maximum atomic E-state index is 12.3. The summed E-state index contributed by atoms with van der Waals surface area (Å²) in [5.41, 5.74) is 3.98.